The molecular formula is C12H20O4. The fourth-order valence-electron chi connectivity index (χ4n) is 1.30. The van der Waals surface area contributed by atoms with Crippen LogP contribution >= 0.6 is 0 Å². The lowest BCUT2D eigenvalue weighted by molar-refractivity contribution is -0.144. The van der Waals surface area contributed by atoms with E-state index >= 15 is 0 Å². The average Bonchev–Trinajstić information content (AvgIpc) is 2.97. The molecule has 4 heteroatoms. The van der Waals surface area contributed by atoms with Gasteiger partial charge in [-0.3, -0.25) is 0 Å². The molecule has 0 aromatic rings. The number of hydrogen-bond acceptors (Lipinski definition) is 4. The zero-order valence-electron chi connectivity index (χ0n) is 10.2. The number of ether oxygens (including phenoxy) is 3. The summed E-state index contributed by atoms with van der Waals surface area (Å²) < 4.78 is 15.7. The Kier molecular flexibility index (Phi) is 4.96. The second-order valence-corrected chi connectivity index (χ2v) is 4.33. The van der Waals surface area contributed by atoms with Crippen molar-refractivity contribution < 1.29 is 19.0 Å². The maximum absolute atomic E-state index is 11.2. The predicted octanol–water partition coefficient (Wildman–Crippen LogP) is 1.69. The third kappa shape index (κ3) is 5.28. The Morgan fingerprint density at radius 3 is 2.62 bits per heavy atom. The van der Waals surface area contributed by atoms with Crippen LogP contribution in [0.3, 0.4) is 0 Å². The average molecular weight is 228 g/mol. The van der Waals surface area contributed by atoms with E-state index in [1.165, 1.54) is 0 Å². The number of carbonyl (C=O) groups excluding carboxylic acids is 1. The van der Waals surface area contributed by atoms with Gasteiger partial charge in [0.05, 0.1) is 19.3 Å². The van der Waals surface area contributed by atoms with Crippen molar-refractivity contribution in [3.63, 3.8) is 0 Å². The lowest BCUT2D eigenvalue weighted by Crippen LogP contribution is -2.22. The zero-order chi connectivity index (χ0) is 12.1. The smallest absolute Gasteiger partial charge is 0.333 e. The normalized spacial score (nSPS) is 22.3. The molecule has 3 unspecified atom stereocenters. The molecule has 1 aliphatic rings. The molecule has 1 saturated heterocycles. The topological polar surface area (TPSA) is 48.1 Å². The Labute approximate surface area is 96.6 Å². The minimum atomic E-state index is -0.342. The predicted molar refractivity (Wildman–Crippen MR) is 60.1 cm³/mol. The van der Waals surface area contributed by atoms with Crippen LogP contribution in [0.5, 0.6) is 0 Å². The summed E-state index contributed by atoms with van der Waals surface area (Å²) in [4.78, 5) is 11.2. The highest BCUT2D eigenvalue weighted by Crippen LogP contribution is 2.13. The first-order valence-electron chi connectivity index (χ1n) is 5.58. The molecule has 0 bridgehead atoms. The van der Waals surface area contributed by atoms with Crippen molar-refractivity contribution >= 4 is 5.97 Å². The highest BCUT2D eigenvalue weighted by atomic mass is 16.6. The molecule has 0 radical (unpaired) electrons. The van der Waals surface area contributed by atoms with Crippen molar-refractivity contribution in [3.8, 4) is 0 Å². The van der Waals surface area contributed by atoms with Crippen LogP contribution in [-0.2, 0) is 19.0 Å². The van der Waals surface area contributed by atoms with E-state index < -0.39 is 0 Å². The third-order valence-electron chi connectivity index (χ3n) is 2.29. The van der Waals surface area contributed by atoms with Crippen LogP contribution in [0, 0.1) is 0 Å². The monoisotopic (exact) mass is 228 g/mol. The molecule has 0 aromatic heterocycles. The largest absolute Gasteiger partial charge is 0.459 e. The number of epoxide rings is 1. The van der Waals surface area contributed by atoms with Gasteiger partial charge in [-0.15, -0.1) is 0 Å². The molecule has 4 nitrogen and oxygen atoms in total. The van der Waals surface area contributed by atoms with Crippen LogP contribution in [-0.4, -0.2) is 37.5 Å². The molecule has 1 fully saturated rings. The van der Waals surface area contributed by atoms with E-state index in [2.05, 4.69) is 6.58 Å². The third-order valence-corrected chi connectivity index (χ3v) is 2.29. The van der Waals surface area contributed by atoms with Gasteiger partial charge in [0, 0.05) is 12.0 Å². The van der Waals surface area contributed by atoms with E-state index in [0.29, 0.717) is 18.6 Å². The van der Waals surface area contributed by atoms with Crippen LogP contribution in [0.1, 0.15) is 27.2 Å². The van der Waals surface area contributed by atoms with Crippen LogP contribution in [0.25, 0.3) is 0 Å². The molecule has 0 amide bonds. The first-order chi connectivity index (χ1) is 7.49. The molecule has 1 aliphatic heterocycles. The number of esters is 1. The molecule has 16 heavy (non-hydrogen) atoms. The summed E-state index contributed by atoms with van der Waals surface area (Å²) in [6, 6.07) is 0. The molecule has 0 spiro atoms. The van der Waals surface area contributed by atoms with Gasteiger partial charge < -0.3 is 14.2 Å². The molecule has 1 heterocycles. The summed E-state index contributed by atoms with van der Waals surface area (Å²) in [5, 5.41) is 0. The molecule has 92 valence electrons. The van der Waals surface area contributed by atoms with Crippen molar-refractivity contribution in [2.45, 2.75) is 45.5 Å². The van der Waals surface area contributed by atoms with E-state index in [-0.39, 0.29) is 24.3 Å². The quantitative estimate of drug-likeness (QED) is 0.378. The Balaban J connectivity index is 2.13. The van der Waals surface area contributed by atoms with E-state index in [9.17, 15) is 4.79 Å². The van der Waals surface area contributed by atoms with E-state index in [1.54, 1.807) is 6.92 Å². The highest BCUT2D eigenvalue weighted by molar-refractivity contribution is 5.87. The van der Waals surface area contributed by atoms with Gasteiger partial charge in [-0.1, -0.05) is 6.58 Å². The number of rotatable bonds is 7. The van der Waals surface area contributed by atoms with Gasteiger partial charge in [0.25, 0.3) is 0 Å². The molecule has 0 aromatic carbocycles. The van der Waals surface area contributed by atoms with Crippen LogP contribution in [0.15, 0.2) is 12.2 Å². The minimum Gasteiger partial charge on any atom is -0.459 e. The fourth-order valence-corrected chi connectivity index (χ4v) is 1.30. The van der Waals surface area contributed by atoms with Crippen LogP contribution in [0.4, 0.5) is 0 Å². The SMILES string of the molecule is C=C(C)C(=O)OC(C)CC(C)OCC1CO1. The van der Waals surface area contributed by atoms with Gasteiger partial charge in [-0.05, 0) is 20.8 Å². The van der Waals surface area contributed by atoms with Crippen LogP contribution < -0.4 is 0 Å². The highest BCUT2D eigenvalue weighted by Gasteiger charge is 2.24. The number of hydrogen-bond donors (Lipinski definition) is 0. The molecule has 0 N–H and O–H groups in total. The van der Waals surface area contributed by atoms with Crippen molar-refractivity contribution in [1.29, 1.82) is 0 Å². The summed E-state index contributed by atoms with van der Waals surface area (Å²) in [5.41, 5.74) is 0.423. The fraction of sp³-hybridized carbons (Fsp3) is 0.750. The Morgan fingerprint density at radius 2 is 2.12 bits per heavy atom. The van der Waals surface area contributed by atoms with Crippen molar-refractivity contribution in [3.05, 3.63) is 12.2 Å². The van der Waals surface area contributed by atoms with E-state index in [1.807, 2.05) is 13.8 Å². The molecule has 0 aliphatic carbocycles. The molecule has 0 saturated carbocycles. The maximum atomic E-state index is 11.2. The van der Waals surface area contributed by atoms with Gasteiger partial charge in [-0.25, -0.2) is 4.79 Å². The Hall–Kier alpha value is -0.870. The van der Waals surface area contributed by atoms with Gasteiger partial charge in [0.2, 0.25) is 0 Å². The van der Waals surface area contributed by atoms with Gasteiger partial charge in [0.1, 0.15) is 12.2 Å². The Bertz CT molecular complexity index is 258. The maximum Gasteiger partial charge on any atom is 0.333 e. The number of carbonyl (C=O) groups is 1. The van der Waals surface area contributed by atoms with Crippen molar-refractivity contribution in [2.24, 2.45) is 0 Å². The summed E-state index contributed by atoms with van der Waals surface area (Å²) in [6.45, 7) is 10.4. The summed E-state index contributed by atoms with van der Waals surface area (Å²) in [6.07, 6.45) is 0.873. The van der Waals surface area contributed by atoms with Crippen molar-refractivity contribution in [1.82, 2.24) is 0 Å². The lowest BCUT2D eigenvalue weighted by atomic mass is 10.2. The molecule has 3 atom stereocenters. The first-order valence-corrected chi connectivity index (χ1v) is 5.58. The van der Waals surface area contributed by atoms with Gasteiger partial charge >= 0.3 is 5.97 Å². The van der Waals surface area contributed by atoms with E-state index in [0.717, 1.165) is 6.61 Å². The van der Waals surface area contributed by atoms with Gasteiger partial charge in [0.15, 0.2) is 0 Å². The summed E-state index contributed by atoms with van der Waals surface area (Å²) in [5.74, 6) is -0.342. The van der Waals surface area contributed by atoms with Crippen molar-refractivity contribution in [2.75, 3.05) is 13.2 Å². The second-order valence-electron chi connectivity index (χ2n) is 4.33. The zero-order valence-corrected chi connectivity index (χ0v) is 10.2. The Morgan fingerprint density at radius 1 is 1.50 bits per heavy atom. The minimum absolute atomic E-state index is 0.0668. The van der Waals surface area contributed by atoms with E-state index in [4.69, 9.17) is 14.2 Å². The molecular weight excluding hydrogens is 208 g/mol. The lowest BCUT2D eigenvalue weighted by Gasteiger charge is -2.18. The standard InChI is InChI=1S/C12H20O4/c1-8(2)12(13)16-10(4)5-9(3)14-6-11-7-15-11/h9-11H,1,5-7H2,2-4H3. The second kappa shape index (κ2) is 6.01. The summed E-state index contributed by atoms with van der Waals surface area (Å²) in [7, 11) is 0. The van der Waals surface area contributed by atoms with Gasteiger partial charge in [-0.2, -0.15) is 0 Å². The first kappa shape index (κ1) is 13.2. The molecule has 1 rings (SSSR count). The summed E-state index contributed by atoms with van der Waals surface area (Å²) >= 11 is 0. The van der Waals surface area contributed by atoms with Crippen LogP contribution in [0.2, 0.25) is 0 Å².